The minimum Gasteiger partial charge on any atom is -0.354 e. The number of para-hydroxylation sites is 1. The standard InChI is InChI=1S/C24H20FN3O2/c25-18-12-10-16(11-13-18)23-20(19-8-4-5-9-21(19)26-23)14-15-22(29)27-28-24(30)17-6-2-1-3-7-17/h1-13,26H,14-15H2,(H,27,29)(H,28,30). The molecule has 0 aliphatic heterocycles. The Bertz CT molecular complexity index is 1180. The zero-order chi connectivity index (χ0) is 20.9. The lowest BCUT2D eigenvalue weighted by Gasteiger charge is -2.08. The van der Waals surface area contributed by atoms with Gasteiger partial charge in [0, 0.05) is 28.6 Å². The number of fused-ring (bicyclic) bond motifs is 1. The summed E-state index contributed by atoms with van der Waals surface area (Å²) < 4.78 is 13.3. The van der Waals surface area contributed by atoms with E-state index in [0.717, 1.165) is 27.7 Å². The maximum atomic E-state index is 13.3. The summed E-state index contributed by atoms with van der Waals surface area (Å²) in [7, 11) is 0. The van der Waals surface area contributed by atoms with Gasteiger partial charge in [-0.25, -0.2) is 4.39 Å². The van der Waals surface area contributed by atoms with E-state index in [1.54, 1.807) is 36.4 Å². The number of hydrogen-bond donors (Lipinski definition) is 3. The van der Waals surface area contributed by atoms with E-state index in [1.165, 1.54) is 12.1 Å². The van der Waals surface area contributed by atoms with Gasteiger partial charge < -0.3 is 4.98 Å². The van der Waals surface area contributed by atoms with E-state index in [1.807, 2.05) is 30.3 Å². The summed E-state index contributed by atoms with van der Waals surface area (Å²) >= 11 is 0. The molecule has 0 unspecified atom stereocenters. The lowest BCUT2D eigenvalue weighted by atomic mass is 10.0. The molecule has 0 aliphatic rings. The Hall–Kier alpha value is -3.93. The van der Waals surface area contributed by atoms with Crippen molar-refractivity contribution in [2.45, 2.75) is 12.8 Å². The van der Waals surface area contributed by atoms with Crippen LogP contribution in [0.3, 0.4) is 0 Å². The van der Waals surface area contributed by atoms with E-state index in [0.29, 0.717) is 12.0 Å². The highest BCUT2D eigenvalue weighted by atomic mass is 19.1. The summed E-state index contributed by atoms with van der Waals surface area (Å²) in [6.07, 6.45) is 0.648. The van der Waals surface area contributed by atoms with E-state index in [4.69, 9.17) is 0 Å². The van der Waals surface area contributed by atoms with Gasteiger partial charge in [-0.15, -0.1) is 0 Å². The molecule has 2 amide bonds. The van der Waals surface area contributed by atoms with Gasteiger partial charge in [0.25, 0.3) is 5.91 Å². The van der Waals surface area contributed by atoms with Gasteiger partial charge in [-0.05, 0) is 60.0 Å². The Labute approximate surface area is 172 Å². The van der Waals surface area contributed by atoms with Crippen LogP contribution in [0.25, 0.3) is 22.2 Å². The molecule has 0 bridgehead atoms. The number of aryl methyl sites for hydroxylation is 1. The molecule has 4 rings (SSSR count). The number of aromatic nitrogens is 1. The van der Waals surface area contributed by atoms with Gasteiger partial charge in [0.1, 0.15) is 5.82 Å². The molecule has 0 spiro atoms. The molecule has 150 valence electrons. The van der Waals surface area contributed by atoms with E-state index in [2.05, 4.69) is 15.8 Å². The molecule has 1 heterocycles. The van der Waals surface area contributed by atoms with Gasteiger partial charge in [-0.1, -0.05) is 36.4 Å². The zero-order valence-corrected chi connectivity index (χ0v) is 16.1. The van der Waals surface area contributed by atoms with Crippen LogP contribution in [0.15, 0.2) is 78.9 Å². The van der Waals surface area contributed by atoms with Crippen molar-refractivity contribution < 1.29 is 14.0 Å². The molecule has 4 aromatic rings. The molecule has 0 fully saturated rings. The Morgan fingerprint density at radius 2 is 1.53 bits per heavy atom. The smallest absolute Gasteiger partial charge is 0.269 e. The first-order valence-electron chi connectivity index (χ1n) is 9.61. The van der Waals surface area contributed by atoms with Crippen LogP contribution in [0.2, 0.25) is 0 Å². The first-order chi connectivity index (χ1) is 14.6. The number of carbonyl (C=O) groups is 2. The third-order valence-corrected chi connectivity index (χ3v) is 4.90. The Morgan fingerprint density at radius 1 is 0.833 bits per heavy atom. The maximum absolute atomic E-state index is 13.3. The van der Waals surface area contributed by atoms with Crippen LogP contribution in [0.5, 0.6) is 0 Å². The van der Waals surface area contributed by atoms with Crippen LogP contribution >= 0.6 is 0 Å². The van der Waals surface area contributed by atoms with Crippen LogP contribution in [0.4, 0.5) is 4.39 Å². The Kier molecular flexibility index (Phi) is 5.57. The summed E-state index contributed by atoms with van der Waals surface area (Å²) in [6.45, 7) is 0. The lowest BCUT2D eigenvalue weighted by molar-refractivity contribution is -0.121. The predicted molar refractivity (Wildman–Crippen MR) is 114 cm³/mol. The first kappa shape index (κ1) is 19.4. The number of amides is 2. The summed E-state index contributed by atoms with van der Waals surface area (Å²) in [5.74, 6) is -0.970. The van der Waals surface area contributed by atoms with Crippen LogP contribution < -0.4 is 10.9 Å². The van der Waals surface area contributed by atoms with Gasteiger partial charge in [-0.3, -0.25) is 20.4 Å². The number of hydrazine groups is 1. The van der Waals surface area contributed by atoms with Crippen LogP contribution in [0, 0.1) is 5.82 Å². The third-order valence-electron chi connectivity index (χ3n) is 4.90. The minimum atomic E-state index is -0.372. The minimum absolute atomic E-state index is 0.186. The second-order valence-corrected chi connectivity index (χ2v) is 6.90. The van der Waals surface area contributed by atoms with Crippen molar-refractivity contribution in [3.8, 4) is 11.3 Å². The number of rotatable bonds is 5. The zero-order valence-electron chi connectivity index (χ0n) is 16.1. The number of H-pyrrole nitrogens is 1. The molecule has 5 nitrogen and oxygen atoms in total. The molecule has 6 heteroatoms. The number of halogens is 1. The van der Waals surface area contributed by atoms with Crippen molar-refractivity contribution in [3.05, 3.63) is 95.8 Å². The molecule has 0 saturated heterocycles. The van der Waals surface area contributed by atoms with E-state index >= 15 is 0 Å². The van der Waals surface area contributed by atoms with Crippen molar-refractivity contribution in [2.24, 2.45) is 0 Å². The molecular formula is C24H20FN3O2. The van der Waals surface area contributed by atoms with Crippen LogP contribution in [-0.2, 0) is 11.2 Å². The van der Waals surface area contributed by atoms with Crippen molar-refractivity contribution in [1.29, 1.82) is 0 Å². The number of hydrogen-bond acceptors (Lipinski definition) is 2. The molecule has 3 aromatic carbocycles. The summed E-state index contributed by atoms with van der Waals surface area (Å²) in [6, 6.07) is 22.7. The highest BCUT2D eigenvalue weighted by Gasteiger charge is 2.15. The number of benzene rings is 3. The second-order valence-electron chi connectivity index (χ2n) is 6.90. The monoisotopic (exact) mass is 401 g/mol. The molecule has 3 N–H and O–H groups in total. The van der Waals surface area contributed by atoms with E-state index in [9.17, 15) is 14.0 Å². The average molecular weight is 401 g/mol. The SMILES string of the molecule is O=C(CCc1c(-c2ccc(F)cc2)[nH]c2ccccc12)NNC(=O)c1ccccc1. The average Bonchev–Trinajstić information content (AvgIpc) is 3.15. The molecule has 0 saturated carbocycles. The van der Waals surface area contributed by atoms with Gasteiger partial charge >= 0.3 is 0 Å². The highest BCUT2D eigenvalue weighted by Crippen LogP contribution is 2.31. The highest BCUT2D eigenvalue weighted by molar-refractivity contribution is 5.95. The third kappa shape index (κ3) is 4.22. The van der Waals surface area contributed by atoms with Crippen molar-refractivity contribution >= 4 is 22.7 Å². The van der Waals surface area contributed by atoms with E-state index < -0.39 is 0 Å². The lowest BCUT2D eigenvalue weighted by Crippen LogP contribution is -2.41. The summed E-state index contributed by atoms with van der Waals surface area (Å²) in [5, 5.41) is 1.01. The Balaban J connectivity index is 1.48. The largest absolute Gasteiger partial charge is 0.354 e. The van der Waals surface area contributed by atoms with Crippen molar-refractivity contribution in [2.75, 3.05) is 0 Å². The number of carbonyl (C=O) groups excluding carboxylic acids is 2. The predicted octanol–water partition coefficient (Wildman–Crippen LogP) is 4.37. The summed E-state index contributed by atoms with van der Waals surface area (Å²) in [5.41, 5.74) is 8.98. The topological polar surface area (TPSA) is 74.0 Å². The second kappa shape index (κ2) is 8.61. The molecule has 1 aromatic heterocycles. The fraction of sp³-hybridized carbons (Fsp3) is 0.0833. The molecular weight excluding hydrogens is 381 g/mol. The molecule has 0 aliphatic carbocycles. The van der Waals surface area contributed by atoms with Gasteiger partial charge in [0.2, 0.25) is 5.91 Å². The quantitative estimate of drug-likeness (QED) is 0.435. The van der Waals surface area contributed by atoms with Crippen molar-refractivity contribution in [3.63, 3.8) is 0 Å². The first-order valence-corrected chi connectivity index (χ1v) is 9.61. The van der Waals surface area contributed by atoms with Crippen LogP contribution in [-0.4, -0.2) is 16.8 Å². The summed E-state index contributed by atoms with van der Waals surface area (Å²) in [4.78, 5) is 27.8. The van der Waals surface area contributed by atoms with Crippen molar-refractivity contribution in [1.82, 2.24) is 15.8 Å². The number of nitrogens with one attached hydrogen (secondary N) is 3. The van der Waals surface area contributed by atoms with Gasteiger partial charge in [0.15, 0.2) is 0 Å². The Morgan fingerprint density at radius 3 is 2.30 bits per heavy atom. The molecule has 30 heavy (non-hydrogen) atoms. The maximum Gasteiger partial charge on any atom is 0.269 e. The fourth-order valence-electron chi connectivity index (χ4n) is 3.41. The van der Waals surface area contributed by atoms with Crippen LogP contribution in [0.1, 0.15) is 22.3 Å². The normalized spacial score (nSPS) is 10.7. The van der Waals surface area contributed by atoms with Gasteiger partial charge in [0.05, 0.1) is 0 Å². The fourth-order valence-corrected chi connectivity index (χ4v) is 3.41. The number of aromatic amines is 1. The van der Waals surface area contributed by atoms with E-state index in [-0.39, 0.29) is 24.1 Å². The van der Waals surface area contributed by atoms with Gasteiger partial charge in [-0.2, -0.15) is 0 Å². The molecule has 0 atom stereocenters. The molecule has 0 radical (unpaired) electrons.